The van der Waals surface area contributed by atoms with E-state index in [1.165, 1.54) is 16.9 Å². The first-order valence-electron chi connectivity index (χ1n) is 7.51. The van der Waals surface area contributed by atoms with Crippen LogP contribution in [0.2, 0.25) is 4.34 Å². The highest BCUT2D eigenvalue weighted by Gasteiger charge is 2.24. The summed E-state index contributed by atoms with van der Waals surface area (Å²) in [4.78, 5) is 3.92. The molecule has 0 bridgehead atoms. The fourth-order valence-electron chi connectivity index (χ4n) is 2.94. The van der Waals surface area contributed by atoms with E-state index in [9.17, 15) is 0 Å². The SMILES string of the molecule is CC(c1ccc(Cl)s1)N1CCCNC(c2ccccc2)C1. The molecule has 3 rings (SSSR count). The van der Waals surface area contributed by atoms with Crippen molar-refractivity contribution < 1.29 is 0 Å². The van der Waals surface area contributed by atoms with Crippen molar-refractivity contribution in [3.8, 4) is 0 Å². The zero-order valence-corrected chi connectivity index (χ0v) is 13.8. The normalized spacial score (nSPS) is 21.9. The third-order valence-corrected chi connectivity index (χ3v) is 5.59. The van der Waals surface area contributed by atoms with Gasteiger partial charge in [-0.05, 0) is 37.6 Å². The Kier molecular flexibility index (Phi) is 4.96. The minimum atomic E-state index is 0.409. The van der Waals surface area contributed by atoms with Crippen LogP contribution in [0.1, 0.15) is 35.9 Å². The lowest BCUT2D eigenvalue weighted by Gasteiger charge is -2.29. The van der Waals surface area contributed by atoms with Gasteiger partial charge >= 0.3 is 0 Å². The van der Waals surface area contributed by atoms with Crippen LogP contribution in [0.15, 0.2) is 42.5 Å². The van der Waals surface area contributed by atoms with Crippen molar-refractivity contribution >= 4 is 22.9 Å². The smallest absolute Gasteiger partial charge is 0.0931 e. The lowest BCUT2D eigenvalue weighted by atomic mass is 10.1. The van der Waals surface area contributed by atoms with Gasteiger partial charge in [0.15, 0.2) is 0 Å². The van der Waals surface area contributed by atoms with Crippen molar-refractivity contribution in [3.05, 3.63) is 57.2 Å². The first-order valence-corrected chi connectivity index (χ1v) is 8.71. The molecule has 1 aromatic heterocycles. The molecule has 0 aliphatic carbocycles. The monoisotopic (exact) mass is 320 g/mol. The highest BCUT2D eigenvalue weighted by Crippen LogP contribution is 2.32. The van der Waals surface area contributed by atoms with Crippen LogP contribution in [0.5, 0.6) is 0 Å². The van der Waals surface area contributed by atoms with Gasteiger partial charge in [0.05, 0.1) is 4.34 Å². The number of rotatable bonds is 3. The second-order valence-electron chi connectivity index (χ2n) is 5.58. The zero-order valence-electron chi connectivity index (χ0n) is 12.3. The van der Waals surface area contributed by atoms with Gasteiger partial charge in [-0.25, -0.2) is 0 Å². The summed E-state index contributed by atoms with van der Waals surface area (Å²) < 4.78 is 0.879. The van der Waals surface area contributed by atoms with Crippen molar-refractivity contribution in [1.29, 1.82) is 0 Å². The number of hydrogen-bond acceptors (Lipinski definition) is 3. The maximum absolute atomic E-state index is 6.09. The largest absolute Gasteiger partial charge is 0.309 e. The van der Waals surface area contributed by atoms with Crippen molar-refractivity contribution in [2.24, 2.45) is 0 Å². The van der Waals surface area contributed by atoms with Crippen LogP contribution in [-0.4, -0.2) is 24.5 Å². The van der Waals surface area contributed by atoms with Crippen LogP contribution in [-0.2, 0) is 0 Å². The van der Waals surface area contributed by atoms with Crippen LogP contribution in [0.4, 0.5) is 0 Å². The number of halogens is 1. The number of nitrogens with zero attached hydrogens (tertiary/aromatic N) is 1. The van der Waals surface area contributed by atoms with Gasteiger partial charge in [-0.15, -0.1) is 11.3 Å². The molecule has 1 aliphatic heterocycles. The lowest BCUT2D eigenvalue weighted by molar-refractivity contribution is 0.210. The molecule has 21 heavy (non-hydrogen) atoms. The van der Waals surface area contributed by atoms with Crippen LogP contribution < -0.4 is 5.32 Å². The second-order valence-corrected chi connectivity index (χ2v) is 7.33. The average Bonchev–Trinajstić information content (AvgIpc) is 2.81. The Morgan fingerprint density at radius 3 is 2.76 bits per heavy atom. The standard InChI is InChI=1S/C17H21ClN2S/c1-13(16-8-9-17(18)21-16)20-11-5-10-19-15(12-20)14-6-3-2-4-7-14/h2-4,6-9,13,15,19H,5,10-12H2,1H3. The first kappa shape index (κ1) is 15.0. The van der Waals surface area contributed by atoms with Crippen LogP contribution >= 0.6 is 22.9 Å². The molecule has 0 radical (unpaired) electrons. The Morgan fingerprint density at radius 2 is 2.05 bits per heavy atom. The van der Waals surface area contributed by atoms with Gasteiger partial charge in [0.1, 0.15) is 0 Å². The summed E-state index contributed by atoms with van der Waals surface area (Å²) in [5.41, 5.74) is 1.38. The molecule has 2 aromatic rings. The Labute approximate surface area is 135 Å². The van der Waals surface area contributed by atoms with Gasteiger partial charge in [-0.1, -0.05) is 41.9 Å². The lowest BCUT2D eigenvalue weighted by Crippen LogP contribution is -2.33. The minimum absolute atomic E-state index is 0.409. The fourth-order valence-corrected chi connectivity index (χ4v) is 4.09. The molecule has 0 spiro atoms. The first-order chi connectivity index (χ1) is 10.2. The van der Waals surface area contributed by atoms with Gasteiger partial charge in [0, 0.05) is 30.1 Å². The molecule has 1 N–H and O–H groups in total. The summed E-state index contributed by atoms with van der Waals surface area (Å²) in [6, 6.07) is 15.7. The summed E-state index contributed by atoms with van der Waals surface area (Å²) in [6.07, 6.45) is 1.19. The molecule has 1 saturated heterocycles. The summed E-state index contributed by atoms with van der Waals surface area (Å²) in [7, 11) is 0. The van der Waals surface area contributed by atoms with E-state index < -0.39 is 0 Å². The number of nitrogens with one attached hydrogen (secondary N) is 1. The van der Waals surface area contributed by atoms with Crippen LogP contribution in [0, 0.1) is 0 Å². The summed E-state index contributed by atoms with van der Waals surface area (Å²) in [6.45, 7) is 5.54. The maximum Gasteiger partial charge on any atom is 0.0931 e. The van der Waals surface area contributed by atoms with E-state index in [1.807, 2.05) is 6.07 Å². The van der Waals surface area contributed by atoms with E-state index in [0.717, 1.165) is 24.0 Å². The Hall–Kier alpha value is -0.870. The Balaban J connectivity index is 1.76. The molecule has 1 aromatic carbocycles. The molecule has 0 saturated carbocycles. The molecule has 1 fully saturated rings. The fraction of sp³-hybridized carbons (Fsp3) is 0.412. The van der Waals surface area contributed by atoms with Gasteiger partial charge in [0.2, 0.25) is 0 Å². The highest BCUT2D eigenvalue weighted by molar-refractivity contribution is 7.16. The maximum atomic E-state index is 6.09. The van der Waals surface area contributed by atoms with Crippen molar-refractivity contribution in [2.75, 3.05) is 19.6 Å². The number of thiophene rings is 1. The highest BCUT2D eigenvalue weighted by atomic mass is 35.5. The number of hydrogen-bond donors (Lipinski definition) is 1. The molecule has 112 valence electrons. The predicted octanol–water partition coefficient (Wildman–Crippen LogP) is 4.50. The third-order valence-electron chi connectivity index (χ3n) is 4.19. The predicted molar refractivity (Wildman–Crippen MR) is 91.1 cm³/mol. The van der Waals surface area contributed by atoms with Gasteiger partial charge < -0.3 is 5.32 Å². The number of benzene rings is 1. The average molecular weight is 321 g/mol. The third kappa shape index (κ3) is 3.67. The van der Waals surface area contributed by atoms with E-state index in [4.69, 9.17) is 11.6 Å². The molecule has 2 nitrogen and oxygen atoms in total. The molecule has 2 atom stereocenters. The van der Waals surface area contributed by atoms with E-state index in [2.05, 4.69) is 53.5 Å². The molecular formula is C17H21ClN2S. The van der Waals surface area contributed by atoms with Crippen molar-refractivity contribution in [3.63, 3.8) is 0 Å². The van der Waals surface area contributed by atoms with E-state index in [1.54, 1.807) is 11.3 Å². The van der Waals surface area contributed by atoms with Gasteiger partial charge in [-0.3, -0.25) is 4.90 Å². The molecule has 2 unspecified atom stereocenters. The summed E-state index contributed by atoms with van der Waals surface area (Å²) >= 11 is 7.78. The van der Waals surface area contributed by atoms with Crippen molar-refractivity contribution in [2.45, 2.75) is 25.4 Å². The quantitative estimate of drug-likeness (QED) is 0.895. The van der Waals surface area contributed by atoms with Gasteiger partial charge in [-0.2, -0.15) is 0 Å². The molecule has 2 heterocycles. The second kappa shape index (κ2) is 6.93. The topological polar surface area (TPSA) is 15.3 Å². The van der Waals surface area contributed by atoms with Gasteiger partial charge in [0.25, 0.3) is 0 Å². The van der Waals surface area contributed by atoms with Crippen molar-refractivity contribution in [1.82, 2.24) is 10.2 Å². The van der Waals surface area contributed by atoms with Crippen LogP contribution in [0.25, 0.3) is 0 Å². The summed E-state index contributed by atoms with van der Waals surface area (Å²) in [5.74, 6) is 0. The van der Waals surface area contributed by atoms with E-state index in [0.29, 0.717) is 12.1 Å². The van der Waals surface area contributed by atoms with E-state index in [-0.39, 0.29) is 0 Å². The summed E-state index contributed by atoms with van der Waals surface area (Å²) in [5, 5.41) is 3.68. The molecule has 0 amide bonds. The minimum Gasteiger partial charge on any atom is -0.309 e. The zero-order chi connectivity index (χ0) is 14.7. The molecule has 1 aliphatic rings. The molecular weight excluding hydrogens is 300 g/mol. The molecule has 4 heteroatoms. The van der Waals surface area contributed by atoms with E-state index >= 15 is 0 Å². The Morgan fingerprint density at radius 1 is 1.24 bits per heavy atom. The Bertz CT molecular complexity index is 569. The van der Waals surface area contributed by atoms with Crippen LogP contribution in [0.3, 0.4) is 0 Å².